The van der Waals surface area contributed by atoms with Gasteiger partial charge in [-0.25, -0.2) is 0 Å². The Labute approximate surface area is 161 Å². The molecule has 1 aromatic rings. The van der Waals surface area contributed by atoms with Crippen LogP contribution in [0, 0.1) is 5.92 Å². The molecule has 2 aliphatic heterocycles. The van der Waals surface area contributed by atoms with Gasteiger partial charge in [0.2, 0.25) is 5.91 Å². The van der Waals surface area contributed by atoms with E-state index < -0.39 is 0 Å². The number of amides is 1. The van der Waals surface area contributed by atoms with E-state index in [0.717, 1.165) is 44.5 Å². The van der Waals surface area contributed by atoms with Crippen molar-refractivity contribution < 1.29 is 14.3 Å². The first kappa shape index (κ1) is 17.5. The zero-order valence-electron chi connectivity index (χ0n) is 16.1. The molecule has 4 fully saturated rings. The van der Waals surface area contributed by atoms with Crippen LogP contribution in [0.3, 0.4) is 0 Å². The minimum atomic E-state index is 0.0853. The van der Waals surface area contributed by atoms with E-state index >= 15 is 0 Å². The van der Waals surface area contributed by atoms with Crippen molar-refractivity contribution in [1.82, 2.24) is 10.2 Å². The Kier molecular flexibility index (Phi) is 4.60. The zero-order valence-corrected chi connectivity index (χ0v) is 16.1. The first-order chi connectivity index (χ1) is 13.2. The Balaban J connectivity index is 1.29. The number of methoxy groups -OCH3 is 1. The second kappa shape index (κ2) is 7.10. The number of carbonyl (C=O) groups is 1. The second-order valence-electron chi connectivity index (χ2n) is 8.74. The minimum Gasteiger partial charge on any atom is -0.497 e. The van der Waals surface area contributed by atoms with Crippen molar-refractivity contribution in [1.29, 1.82) is 0 Å². The number of carbonyl (C=O) groups excluding carboxylic acids is 1. The molecule has 2 aliphatic carbocycles. The summed E-state index contributed by atoms with van der Waals surface area (Å²) >= 11 is 0. The van der Waals surface area contributed by atoms with E-state index in [0.29, 0.717) is 30.0 Å². The van der Waals surface area contributed by atoms with Crippen molar-refractivity contribution in [2.75, 3.05) is 20.2 Å². The number of nitrogens with zero attached hydrogens (tertiary/aromatic N) is 1. The highest BCUT2D eigenvalue weighted by molar-refractivity contribution is 5.81. The Morgan fingerprint density at radius 2 is 1.81 bits per heavy atom. The van der Waals surface area contributed by atoms with Gasteiger partial charge in [0, 0.05) is 31.1 Å². The second-order valence-corrected chi connectivity index (χ2v) is 8.74. The molecule has 1 aromatic carbocycles. The fourth-order valence-electron chi connectivity index (χ4n) is 5.25. The molecule has 2 saturated carbocycles. The SMILES string of the molecule is COc1ccc(C2C[C@H]3CNC4CCC(OC5CC5)CC4C(=O)N3C2)cc1. The molecule has 27 heavy (non-hydrogen) atoms. The summed E-state index contributed by atoms with van der Waals surface area (Å²) in [5.74, 6) is 1.75. The van der Waals surface area contributed by atoms with Crippen molar-refractivity contribution in [3.05, 3.63) is 29.8 Å². The zero-order chi connectivity index (χ0) is 18.4. The van der Waals surface area contributed by atoms with E-state index in [4.69, 9.17) is 9.47 Å². The van der Waals surface area contributed by atoms with Gasteiger partial charge in [0.1, 0.15) is 5.75 Å². The largest absolute Gasteiger partial charge is 0.497 e. The van der Waals surface area contributed by atoms with Crippen LogP contribution in [0.2, 0.25) is 0 Å². The molecule has 0 radical (unpaired) electrons. The topological polar surface area (TPSA) is 50.8 Å². The standard InChI is InChI=1S/C22H30N2O3/c1-26-17-4-2-14(3-5-17)15-10-16-12-23-21-9-8-19(27-18-6-7-18)11-20(21)22(25)24(16)13-15/h2-5,15-16,18-21,23H,6-13H2,1H3/t15?,16-,19?,20?,21?/m0/s1. The summed E-state index contributed by atoms with van der Waals surface area (Å²) in [5, 5.41) is 3.73. The summed E-state index contributed by atoms with van der Waals surface area (Å²) in [6.07, 6.45) is 7.26. The maximum Gasteiger partial charge on any atom is 0.227 e. The fourth-order valence-corrected chi connectivity index (χ4v) is 5.25. The lowest BCUT2D eigenvalue weighted by Crippen LogP contribution is -2.46. The van der Waals surface area contributed by atoms with E-state index in [1.165, 1.54) is 18.4 Å². The van der Waals surface area contributed by atoms with Gasteiger partial charge in [0.15, 0.2) is 0 Å². The quantitative estimate of drug-likeness (QED) is 0.885. The van der Waals surface area contributed by atoms with Crippen LogP contribution in [0.5, 0.6) is 5.75 Å². The number of hydrogen-bond donors (Lipinski definition) is 1. The molecule has 4 unspecified atom stereocenters. The molecule has 0 spiro atoms. The highest BCUT2D eigenvalue weighted by Crippen LogP contribution is 2.39. The third kappa shape index (κ3) is 3.47. The molecule has 0 bridgehead atoms. The normalized spacial score (nSPS) is 36.1. The van der Waals surface area contributed by atoms with Gasteiger partial charge < -0.3 is 19.7 Å². The molecule has 1 N–H and O–H groups in total. The lowest BCUT2D eigenvalue weighted by atomic mass is 9.82. The van der Waals surface area contributed by atoms with Crippen LogP contribution in [-0.2, 0) is 9.53 Å². The molecular formula is C22H30N2O3. The number of hydrogen-bond acceptors (Lipinski definition) is 4. The van der Waals surface area contributed by atoms with E-state index in [9.17, 15) is 4.79 Å². The highest BCUT2D eigenvalue weighted by Gasteiger charge is 2.46. The predicted octanol–water partition coefficient (Wildman–Crippen LogP) is 2.70. The van der Waals surface area contributed by atoms with Crippen LogP contribution in [0.1, 0.15) is 50.0 Å². The summed E-state index contributed by atoms with van der Waals surface area (Å²) in [7, 11) is 1.69. The fraction of sp³-hybridized carbons (Fsp3) is 0.682. The average molecular weight is 370 g/mol. The van der Waals surface area contributed by atoms with Gasteiger partial charge in [-0.15, -0.1) is 0 Å². The molecule has 2 heterocycles. The lowest BCUT2D eigenvalue weighted by molar-refractivity contribution is -0.139. The molecule has 5 rings (SSSR count). The van der Waals surface area contributed by atoms with Crippen molar-refractivity contribution in [3.8, 4) is 5.75 Å². The van der Waals surface area contributed by atoms with Crippen LogP contribution in [0.4, 0.5) is 0 Å². The molecule has 5 heteroatoms. The Morgan fingerprint density at radius 3 is 2.56 bits per heavy atom. The van der Waals surface area contributed by atoms with Gasteiger partial charge in [-0.2, -0.15) is 0 Å². The number of fused-ring (bicyclic) bond motifs is 2. The number of nitrogens with one attached hydrogen (secondary N) is 1. The van der Waals surface area contributed by atoms with Gasteiger partial charge in [-0.05, 0) is 56.2 Å². The van der Waals surface area contributed by atoms with E-state index in [-0.39, 0.29) is 12.0 Å². The summed E-state index contributed by atoms with van der Waals surface area (Å²) in [5.41, 5.74) is 1.31. The van der Waals surface area contributed by atoms with Crippen LogP contribution < -0.4 is 10.1 Å². The van der Waals surface area contributed by atoms with Gasteiger partial charge in [-0.3, -0.25) is 4.79 Å². The molecular weight excluding hydrogens is 340 g/mol. The number of ether oxygens (including phenoxy) is 2. The lowest BCUT2D eigenvalue weighted by Gasteiger charge is -2.35. The van der Waals surface area contributed by atoms with Gasteiger partial charge >= 0.3 is 0 Å². The van der Waals surface area contributed by atoms with E-state index in [1.807, 2.05) is 12.1 Å². The summed E-state index contributed by atoms with van der Waals surface area (Å²) in [6.45, 7) is 1.77. The molecule has 1 amide bonds. The summed E-state index contributed by atoms with van der Waals surface area (Å²) in [4.78, 5) is 15.6. The smallest absolute Gasteiger partial charge is 0.227 e. The first-order valence-electron chi connectivity index (χ1n) is 10.5. The molecule has 4 aliphatic rings. The highest BCUT2D eigenvalue weighted by atomic mass is 16.5. The van der Waals surface area contributed by atoms with Gasteiger partial charge in [0.25, 0.3) is 0 Å². The van der Waals surface area contributed by atoms with Crippen LogP contribution in [-0.4, -0.2) is 55.3 Å². The van der Waals surface area contributed by atoms with Crippen LogP contribution in [0.25, 0.3) is 0 Å². The Morgan fingerprint density at radius 1 is 1.04 bits per heavy atom. The Bertz CT molecular complexity index is 687. The van der Waals surface area contributed by atoms with Gasteiger partial charge in [0.05, 0.1) is 25.2 Å². The predicted molar refractivity (Wildman–Crippen MR) is 103 cm³/mol. The summed E-state index contributed by atoms with van der Waals surface area (Å²) in [6, 6.07) is 9.00. The Hall–Kier alpha value is -1.59. The number of benzene rings is 1. The third-order valence-corrected chi connectivity index (χ3v) is 6.93. The maximum atomic E-state index is 13.4. The van der Waals surface area contributed by atoms with Crippen molar-refractivity contribution in [3.63, 3.8) is 0 Å². The van der Waals surface area contributed by atoms with E-state index in [1.54, 1.807) is 7.11 Å². The maximum absolute atomic E-state index is 13.4. The van der Waals surface area contributed by atoms with Gasteiger partial charge in [-0.1, -0.05) is 12.1 Å². The first-order valence-corrected chi connectivity index (χ1v) is 10.5. The minimum absolute atomic E-state index is 0.0853. The number of rotatable bonds is 4. The van der Waals surface area contributed by atoms with E-state index in [2.05, 4.69) is 22.3 Å². The molecule has 146 valence electrons. The average Bonchev–Trinajstić information content (AvgIpc) is 3.44. The summed E-state index contributed by atoms with van der Waals surface area (Å²) < 4.78 is 11.4. The molecule has 0 aromatic heterocycles. The molecule has 5 atom stereocenters. The van der Waals surface area contributed by atoms with Crippen molar-refractivity contribution >= 4 is 5.91 Å². The van der Waals surface area contributed by atoms with Crippen LogP contribution in [0.15, 0.2) is 24.3 Å². The third-order valence-electron chi connectivity index (χ3n) is 6.93. The van der Waals surface area contributed by atoms with Crippen molar-refractivity contribution in [2.45, 2.75) is 68.7 Å². The van der Waals surface area contributed by atoms with Crippen LogP contribution >= 0.6 is 0 Å². The monoisotopic (exact) mass is 370 g/mol. The molecule has 5 nitrogen and oxygen atoms in total. The van der Waals surface area contributed by atoms with Crippen molar-refractivity contribution in [2.24, 2.45) is 5.92 Å². The molecule has 2 saturated heterocycles.